The summed E-state index contributed by atoms with van der Waals surface area (Å²) in [6.45, 7) is 1.79. The molecule has 36 heavy (non-hydrogen) atoms. The van der Waals surface area contributed by atoms with E-state index in [1.807, 2.05) is 0 Å². The van der Waals surface area contributed by atoms with Crippen LogP contribution in [0.5, 0.6) is 11.5 Å². The van der Waals surface area contributed by atoms with Gasteiger partial charge in [-0.25, -0.2) is 8.42 Å². The minimum Gasteiger partial charge on any atom is -0.455 e. The number of nitrogens with zero attached hydrogens (tertiary/aromatic N) is 1. The third-order valence-electron chi connectivity index (χ3n) is 5.90. The molecule has 10 nitrogen and oxygen atoms in total. The van der Waals surface area contributed by atoms with Crippen LogP contribution in [0.4, 0.5) is 11.4 Å². The molecule has 0 unspecified atom stereocenters. The lowest BCUT2D eigenvalue weighted by Crippen LogP contribution is -2.23. The molecule has 1 aliphatic rings. The lowest BCUT2D eigenvalue weighted by Gasteiger charge is -2.22. The predicted octanol–water partition coefficient (Wildman–Crippen LogP) is 4.16. The van der Waals surface area contributed by atoms with Crippen LogP contribution in [0, 0.1) is 16.0 Å². The zero-order valence-corrected chi connectivity index (χ0v) is 20.1. The second-order valence-electron chi connectivity index (χ2n) is 8.29. The van der Waals surface area contributed by atoms with E-state index in [1.165, 1.54) is 30.3 Å². The molecule has 1 aliphatic heterocycles. The maximum atomic E-state index is 13.6. The van der Waals surface area contributed by atoms with Gasteiger partial charge in [0.1, 0.15) is 16.3 Å². The maximum Gasteiger partial charge on any atom is 0.293 e. The molecule has 0 atom stereocenters. The lowest BCUT2D eigenvalue weighted by molar-refractivity contribution is -0.384. The Labute approximate surface area is 208 Å². The molecule has 0 spiro atoms. The Morgan fingerprint density at radius 3 is 2.47 bits per heavy atom. The number of nitrogens with two attached hydrogens (primary N) is 1. The number of sulfone groups is 1. The van der Waals surface area contributed by atoms with Gasteiger partial charge in [0, 0.05) is 25.8 Å². The van der Waals surface area contributed by atoms with E-state index in [4.69, 9.17) is 15.2 Å². The molecule has 11 heteroatoms. The second kappa shape index (κ2) is 10.8. The van der Waals surface area contributed by atoms with Crippen LogP contribution in [0.1, 0.15) is 23.2 Å². The van der Waals surface area contributed by atoms with Crippen LogP contribution in [-0.4, -0.2) is 39.0 Å². The first-order chi connectivity index (χ1) is 17.3. The molecule has 188 valence electrons. The predicted molar refractivity (Wildman–Crippen MR) is 132 cm³/mol. The molecule has 0 radical (unpaired) electrons. The second-order valence-corrected chi connectivity index (χ2v) is 10.2. The number of para-hydroxylation sites is 2. The summed E-state index contributed by atoms with van der Waals surface area (Å²) in [7, 11) is -4.34. The van der Waals surface area contributed by atoms with Crippen LogP contribution >= 0.6 is 0 Å². The number of carbonyl (C=O) groups excluding carboxylic acids is 1. The Morgan fingerprint density at radius 2 is 1.81 bits per heavy atom. The van der Waals surface area contributed by atoms with Crippen molar-refractivity contribution in [3.05, 3.63) is 82.4 Å². The number of ether oxygens (including phenoxy) is 2. The van der Waals surface area contributed by atoms with Crippen LogP contribution in [0.2, 0.25) is 0 Å². The highest BCUT2D eigenvalue weighted by Crippen LogP contribution is 2.37. The van der Waals surface area contributed by atoms with Gasteiger partial charge in [-0.1, -0.05) is 24.3 Å². The Kier molecular flexibility index (Phi) is 7.51. The Bertz CT molecular complexity index is 1370. The zero-order chi connectivity index (χ0) is 25.7. The third-order valence-corrected chi connectivity index (χ3v) is 7.67. The van der Waals surface area contributed by atoms with Gasteiger partial charge < -0.3 is 20.5 Å². The van der Waals surface area contributed by atoms with Crippen molar-refractivity contribution in [3.63, 3.8) is 0 Å². The zero-order valence-electron chi connectivity index (χ0n) is 19.3. The minimum atomic E-state index is -4.34. The van der Waals surface area contributed by atoms with Gasteiger partial charge in [0.25, 0.3) is 11.6 Å². The van der Waals surface area contributed by atoms with Gasteiger partial charge in [0.05, 0.1) is 15.4 Å². The van der Waals surface area contributed by atoms with E-state index in [9.17, 15) is 23.3 Å². The van der Waals surface area contributed by atoms with Gasteiger partial charge in [-0.2, -0.15) is 0 Å². The Balaban J connectivity index is 1.72. The molecular formula is C25H25N3O7S. The molecule has 1 amide bonds. The van der Waals surface area contributed by atoms with Gasteiger partial charge in [0.15, 0.2) is 5.75 Å². The third kappa shape index (κ3) is 5.47. The normalized spacial score (nSPS) is 14.2. The van der Waals surface area contributed by atoms with Gasteiger partial charge >= 0.3 is 0 Å². The number of hydrogen-bond donors (Lipinski definition) is 2. The summed E-state index contributed by atoms with van der Waals surface area (Å²) in [6, 6.07) is 16.0. The molecule has 3 aromatic carbocycles. The number of amides is 1. The van der Waals surface area contributed by atoms with Gasteiger partial charge in [0.2, 0.25) is 9.84 Å². The highest BCUT2D eigenvalue weighted by atomic mass is 32.2. The quantitative estimate of drug-likeness (QED) is 0.321. The molecule has 1 heterocycles. The highest BCUT2D eigenvalue weighted by Gasteiger charge is 2.29. The molecule has 0 aliphatic carbocycles. The smallest absolute Gasteiger partial charge is 0.293 e. The summed E-state index contributed by atoms with van der Waals surface area (Å²) in [5.41, 5.74) is 5.19. The summed E-state index contributed by atoms with van der Waals surface area (Å²) < 4.78 is 38.4. The monoisotopic (exact) mass is 511 g/mol. The van der Waals surface area contributed by atoms with Crippen molar-refractivity contribution >= 4 is 27.1 Å². The van der Waals surface area contributed by atoms with Crippen molar-refractivity contribution in [2.75, 3.05) is 25.1 Å². The first-order valence-electron chi connectivity index (χ1n) is 11.3. The number of nitro groups is 1. The van der Waals surface area contributed by atoms with E-state index in [0.717, 1.165) is 18.9 Å². The summed E-state index contributed by atoms with van der Waals surface area (Å²) in [5.74, 6) is -0.533. The summed E-state index contributed by atoms with van der Waals surface area (Å²) in [4.78, 5) is 22.6. The van der Waals surface area contributed by atoms with Crippen LogP contribution < -0.4 is 15.8 Å². The molecule has 4 rings (SSSR count). The molecule has 3 N–H and O–H groups in total. The molecule has 0 aromatic heterocycles. The Hall–Kier alpha value is -3.96. The van der Waals surface area contributed by atoms with E-state index in [2.05, 4.69) is 5.32 Å². The summed E-state index contributed by atoms with van der Waals surface area (Å²) in [5, 5.41) is 14.9. The topological polar surface area (TPSA) is 151 Å². The number of anilines is 1. The molecule has 0 saturated carbocycles. The lowest BCUT2D eigenvalue weighted by atomic mass is 10.0. The largest absolute Gasteiger partial charge is 0.455 e. The molecular weight excluding hydrogens is 486 g/mol. The number of carbonyl (C=O) groups is 1. The molecule has 0 bridgehead atoms. The standard InChI is InChI=1S/C25H25N3O7S/c26-25(29)20-7-4-8-23(24(20)35-18-5-2-1-3-6-18)36(32,33)19-9-10-21(22(15-19)28(30)31)27-16-17-11-13-34-14-12-17/h1-10,15,17,27H,11-14,16H2,(H2,26,29). The number of nitro benzene ring substituents is 1. The van der Waals surface area contributed by atoms with Crippen LogP contribution in [0.3, 0.4) is 0 Å². The fraction of sp³-hybridized carbons (Fsp3) is 0.240. The maximum absolute atomic E-state index is 13.6. The van der Waals surface area contributed by atoms with Crippen molar-refractivity contribution < 1.29 is 27.6 Å². The average molecular weight is 512 g/mol. The number of rotatable bonds is 9. The van der Waals surface area contributed by atoms with Crippen LogP contribution in [0.15, 0.2) is 76.5 Å². The number of nitrogens with one attached hydrogen (secondary N) is 1. The minimum absolute atomic E-state index is 0.135. The SMILES string of the molecule is NC(=O)c1cccc(S(=O)(=O)c2ccc(NCC3CCOCC3)c([N+](=O)[O-])c2)c1Oc1ccccc1. The summed E-state index contributed by atoms with van der Waals surface area (Å²) >= 11 is 0. The van der Waals surface area contributed by atoms with Crippen molar-refractivity contribution in [1.82, 2.24) is 0 Å². The van der Waals surface area contributed by atoms with E-state index >= 15 is 0 Å². The molecule has 1 fully saturated rings. The Morgan fingerprint density at radius 1 is 1.08 bits per heavy atom. The number of hydrogen-bond acceptors (Lipinski definition) is 8. The average Bonchev–Trinajstić information content (AvgIpc) is 2.88. The van der Waals surface area contributed by atoms with Crippen molar-refractivity contribution in [2.24, 2.45) is 11.7 Å². The molecule has 3 aromatic rings. The summed E-state index contributed by atoms with van der Waals surface area (Å²) in [6.07, 6.45) is 1.68. The van der Waals surface area contributed by atoms with E-state index in [1.54, 1.807) is 30.3 Å². The van der Waals surface area contributed by atoms with Gasteiger partial charge in [-0.3, -0.25) is 14.9 Å². The van der Waals surface area contributed by atoms with E-state index < -0.39 is 20.7 Å². The highest BCUT2D eigenvalue weighted by molar-refractivity contribution is 7.91. The van der Waals surface area contributed by atoms with E-state index in [-0.39, 0.29) is 32.5 Å². The first kappa shape index (κ1) is 25.1. The van der Waals surface area contributed by atoms with Gasteiger partial charge in [-0.05, 0) is 55.2 Å². The van der Waals surface area contributed by atoms with Crippen molar-refractivity contribution in [3.8, 4) is 11.5 Å². The van der Waals surface area contributed by atoms with Crippen molar-refractivity contribution in [2.45, 2.75) is 22.6 Å². The fourth-order valence-electron chi connectivity index (χ4n) is 3.94. The van der Waals surface area contributed by atoms with Crippen LogP contribution in [-0.2, 0) is 14.6 Å². The van der Waals surface area contributed by atoms with Gasteiger partial charge in [-0.15, -0.1) is 0 Å². The van der Waals surface area contributed by atoms with Crippen LogP contribution in [0.25, 0.3) is 0 Å². The van der Waals surface area contributed by atoms with E-state index in [0.29, 0.717) is 31.4 Å². The number of primary amides is 1. The number of benzene rings is 3. The fourth-order valence-corrected chi connectivity index (χ4v) is 5.37. The molecule has 1 saturated heterocycles. The first-order valence-corrected chi connectivity index (χ1v) is 12.8. The van der Waals surface area contributed by atoms with Crippen molar-refractivity contribution in [1.29, 1.82) is 0 Å².